The van der Waals surface area contributed by atoms with Crippen LogP contribution < -0.4 is 5.32 Å². The Morgan fingerprint density at radius 3 is 2.58 bits per heavy atom. The molecule has 0 bridgehead atoms. The van der Waals surface area contributed by atoms with Crippen molar-refractivity contribution in [2.24, 2.45) is 5.92 Å². The highest BCUT2D eigenvalue weighted by Gasteiger charge is 2.29. The molecule has 0 aromatic heterocycles. The topological polar surface area (TPSA) is 12.0 Å². The Labute approximate surface area is 122 Å². The summed E-state index contributed by atoms with van der Waals surface area (Å²) >= 11 is 2.07. The zero-order valence-electron chi connectivity index (χ0n) is 12.5. The third-order valence-electron chi connectivity index (χ3n) is 4.28. The minimum Gasteiger partial charge on any atom is -0.316 e. The van der Waals surface area contributed by atoms with Gasteiger partial charge in [-0.05, 0) is 51.3 Å². The molecule has 3 unspecified atom stereocenters. The van der Waals surface area contributed by atoms with Gasteiger partial charge < -0.3 is 5.32 Å². The van der Waals surface area contributed by atoms with Gasteiger partial charge in [-0.25, -0.2) is 0 Å². The molecule has 2 rings (SSSR count). The Morgan fingerprint density at radius 2 is 1.95 bits per heavy atom. The molecule has 0 heterocycles. The van der Waals surface area contributed by atoms with Crippen molar-refractivity contribution in [3.05, 3.63) is 29.8 Å². The first-order valence-corrected chi connectivity index (χ1v) is 8.51. The Bertz CT molecular complexity index is 373. The fraction of sp³-hybridized carbons (Fsp3) is 0.647. The molecule has 1 aliphatic rings. The third-order valence-corrected chi connectivity index (χ3v) is 5.64. The van der Waals surface area contributed by atoms with Gasteiger partial charge in [0.25, 0.3) is 0 Å². The lowest BCUT2D eigenvalue weighted by Crippen LogP contribution is -2.40. The van der Waals surface area contributed by atoms with Gasteiger partial charge in [0.05, 0.1) is 0 Å². The first-order chi connectivity index (χ1) is 9.22. The first kappa shape index (κ1) is 14.9. The number of hydrogen-bond acceptors (Lipinski definition) is 2. The minimum absolute atomic E-state index is 0.680. The predicted molar refractivity (Wildman–Crippen MR) is 85.9 cm³/mol. The lowest BCUT2D eigenvalue weighted by atomic mass is 9.83. The summed E-state index contributed by atoms with van der Waals surface area (Å²) in [5, 5.41) is 4.26. The Morgan fingerprint density at radius 1 is 1.21 bits per heavy atom. The molecule has 1 aromatic carbocycles. The van der Waals surface area contributed by atoms with Crippen molar-refractivity contribution in [1.29, 1.82) is 0 Å². The van der Waals surface area contributed by atoms with Crippen LogP contribution in [0.15, 0.2) is 29.2 Å². The second-order valence-electron chi connectivity index (χ2n) is 5.83. The van der Waals surface area contributed by atoms with Crippen LogP contribution in [-0.4, -0.2) is 18.3 Å². The Hall–Kier alpha value is -0.470. The van der Waals surface area contributed by atoms with Gasteiger partial charge >= 0.3 is 0 Å². The summed E-state index contributed by atoms with van der Waals surface area (Å²) in [6, 6.07) is 9.68. The second kappa shape index (κ2) is 7.35. The Kier molecular flexibility index (Phi) is 5.77. The van der Waals surface area contributed by atoms with E-state index in [2.05, 4.69) is 62.2 Å². The van der Waals surface area contributed by atoms with Crippen molar-refractivity contribution in [2.45, 2.75) is 62.1 Å². The van der Waals surface area contributed by atoms with E-state index in [1.54, 1.807) is 0 Å². The van der Waals surface area contributed by atoms with Gasteiger partial charge in [-0.15, -0.1) is 11.8 Å². The SMILES string of the molecule is CCCC1CCC(NC)C(Sc2ccc(C)cc2)C1. The molecule has 1 nitrogen and oxygen atoms in total. The van der Waals surface area contributed by atoms with E-state index in [9.17, 15) is 0 Å². The summed E-state index contributed by atoms with van der Waals surface area (Å²) < 4.78 is 0. The maximum absolute atomic E-state index is 3.53. The molecule has 1 fully saturated rings. The van der Waals surface area contributed by atoms with E-state index in [0.29, 0.717) is 6.04 Å². The smallest absolute Gasteiger partial charge is 0.0250 e. The van der Waals surface area contributed by atoms with Gasteiger partial charge in [-0.3, -0.25) is 0 Å². The number of rotatable bonds is 5. The number of thioether (sulfide) groups is 1. The van der Waals surface area contributed by atoms with Crippen LogP contribution in [0.1, 0.15) is 44.6 Å². The normalized spacial score (nSPS) is 27.4. The maximum atomic E-state index is 3.53. The fourth-order valence-electron chi connectivity index (χ4n) is 3.13. The monoisotopic (exact) mass is 277 g/mol. The van der Waals surface area contributed by atoms with Gasteiger partial charge in [0.15, 0.2) is 0 Å². The van der Waals surface area contributed by atoms with Gasteiger partial charge in [-0.1, -0.05) is 37.5 Å². The van der Waals surface area contributed by atoms with E-state index in [4.69, 9.17) is 0 Å². The molecular formula is C17H27NS. The molecule has 1 aromatic rings. The molecule has 0 amide bonds. The van der Waals surface area contributed by atoms with Gasteiger partial charge in [0, 0.05) is 16.2 Å². The van der Waals surface area contributed by atoms with Crippen LogP contribution in [-0.2, 0) is 0 Å². The van der Waals surface area contributed by atoms with E-state index in [1.807, 2.05) is 0 Å². The van der Waals surface area contributed by atoms with E-state index in [-0.39, 0.29) is 0 Å². The Balaban J connectivity index is 1.99. The summed E-state index contributed by atoms with van der Waals surface area (Å²) in [6.07, 6.45) is 6.85. The highest BCUT2D eigenvalue weighted by molar-refractivity contribution is 8.00. The highest BCUT2D eigenvalue weighted by atomic mass is 32.2. The second-order valence-corrected chi connectivity index (χ2v) is 7.14. The predicted octanol–water partition coefficient (Wildman–Crippen LogP) is 4.64. The van der Waals surface area contributed by atoms with Gasteiger partial charge in [-0.2, -0.15) is 0 Å². The van der Waals surface area contributed by atoms with Crippen LogP contribution in [0.2, 0.25) is 0 Å². The number of benzene rings is 1. The minimum atomic E-state index is 0.680. The van der Waals surface area contributed by atoms with Crippen molar-refractivity contribution < 1.29 is 0 Å². The summed E-state index contributed by atoms with van der Waals surface area (Å²) in [5.74, 6) is 0.942. The fourth-order valence-corrected chi connectivity index (χ4v) is 4.58. The molecule has 2 heteroatoms. The molecule has 3 atom stereocenters. The molecule has 19 heavy (non-hydrogen) atoms. The van der Waals surface area contributed by atoms with Crippen LogP contribution in [0.3, 0.4) is 0 Å². The summed E-state index contributed by atoms with van der Waals surface area (Å²) in [5.41, 5.74) is 1.35. The van der Waals surface area contributed by atoms with Gasteiger partial charge in [0.1, 0.15) is 0 Å². The van der Waals surface area contributed by atoms with E-state index >= 15 is 0 Å². The molecule has 106 valence electrons. The van der Waals surface area contributed by atoms with Crippen LogP contribution in [0.5, 0.6) is 0 Å². The molecule has 1 aliphatic carbocycles. The largest absolute Gasteiger partial charge is 0.316 e. The molecule has 0 aliphatic heterocycles. The number of nitrogens with one attached hydrogen (secondary N) is 1. The van der Waals surface area contributed by atoms with Crippen molar-refractivity contribution >= 4 is 11.8 Å². The quantitative estimate of drug-likeness (QED) is 0.841. The van der Waals surface area contributed by atoms with Crippen LogP contribution in [0.4, 0.5) is 0 Å². The van der Waals surface area contributed by atoms with E-state index in [0.717, 1.165) is 11.2 Å². The molecule has 0 radical (unpaired) electrons. The van der Waals surface area contributed by atoms with Crippen molar-refractivity contribution in [2.75, 3.05) is 7.05 Å². The lowest BCUT2D eigenvalue weighted by Gasteiger charge is -2.35. The zero-order chi connectivity index (χ0) is 13.7. The summed E-state index contributed by atoms with van der Waals surface area (Å²) in [7, 11) is 2.12. The van der Waals surface area contributed by atoms with Crippen LogP contribution >= 0.6 is 11.8 Å². The maximum Gasteiger partial charge on any atom is 0.0250 e. The first-order valence-electron chi connectivity index (χ1n) is 7.63. The molecule has 1 N–H and O–H groups in total. The van der Waals surface area contributed by atoms with Crippen LogP contribution in [0.25, 0.3) is 0 Å². The standard InChI is InChI=1S/C17H27NS/c1-4-5-14-8-11-16(18-3)17(12-14)19-15-9-6-13(2)7-10-15/h6-7,9-10,14,16-18H,4-5,8,11-12H2,1-3H3. The lowest BCUT2D eigenvalue weighted by molar-refractivity contribution is 0.295. The highest BCUT2D eigenvalue weighted by Crippen LogP contribution is 2.38. The van der Waals surface area contributed by atoms with Crippen molar-refractivity contribution in [3.8, 4) is 0 Å². The van der Waals surface area contributed by atoms with Crippen molar-refractivity contribution in [1.82, 2.24) is 5.32 Å². The zero-order valence-corrected chi connectivity index (χ0v) is 13.3. The average molecular weight is 277 g/mol. The molecule has 1 saturated carbocycles. The average Bonchev–Trinajstić information content (AvgIpc) is 2.42. The van der Waals surface area contributed by atoms with E-state index in [1.165, 1.54) is 42.6 Å². The van der Waals surface area contributed by atoms with Crippen LogP contribution in [0, 0.1) is 12.8 Å². The molecular weight excluding hydrogens is 250 g/mol. The van der Waals surface area contributed by atoms with E-state index < -0.39 is 0 Å². The van der Waals surface area contributed by atoms with Crippen molar-refractivity contribution in [3.63, 3.8) is 0 Å². The molecule has 0 spiro atoms. The third kappa shape index (κ3) is 4.25. The number of hydrogen-bond donors (Lipinski definition) is 1. The van der Waals surface area contributed by atoms with Gasteiger partial charge in [0.2, 0.25) is 0 Å². The summed E-state index contributed by atoms with van der Waals surface area (Å²) in [4.78, 5) is 1.42. The number of aryl methyl sites for hydroxylation is 1. The summed E-state index contributed by atoms with van der Waals surface area (Å²) in [6.45, 7) is 4.47. The molecule has 0 saturated heterocycles.